The lowest BCUT2D eigenvalue weighted by atomic mass is 10.0. The fourth-order valence-corrected chi connectivity index (χ4v) is 2.27. The van der Waals surface area contributed by atoms with E-state index in [1.165, 1.54) is 12.1 Å². The molecule has 1 aromatic carbocycles. The summed E-state index contributed by atoms with van der Waals surface area (Å²) in [7, 11) is 1.74. The van der Waals surface area contributed by atoms with Gasteiger partial charge in [0.15, 0.2) is 0 Å². The summed E-state index contributed by atoms with van der Waals surface area (Å²) in [5, 5.41) is 3.03. The van der Waals surface area contributed by atoms with E-state index in [1.54, 1.807) is 19.3 Å². The van der Waals surface area contributed by atoms with Gasteiger partial charge in [0, 0.05) is 11.8 Å². The first-order chi connectivity index (χ1) is 9.13. The number of pyridine rings is 1. The molecule has 2 nitrogen and oxygen atoms in total. The summed E-state index contributed by atoms with van der Waals surface area (Å²) in [6, 6.07) is 7.86. The van der Waals surface area contributed by atoms with Gasteiger partial charge >= 0.3 is 0 Å². The lowest BCUT2D eigenvalue weighted by molar-refractivity contribution is 0.507. The van der Waals surface area contributed by atoms with Crippen molar-refractivity contribution in [2.45, 2.75) is 12.5 Å². The average molecular weight is 327 g/mol. The van der Waals surface area contributed by atoms with Crippen molar-refractivity contribution in [1.82, 2.24) is 10.3 Å². The Balaban J connectivity index is 2.32. The highest BCUT2D eigenvalue weighted by Gasteiger charge is 2.18. The molecular weight excluding hydrogens is 314 g/mol. The number of nitrogens with one attached hydrogen (secondary N) is 1. The molecule has 5 heteroatoms. The lowest BCUT2D eigenvalue weighted by Gasteiger charge is -2.16. The molecule has 0 bridgehead atoms. The van der Waals surface area contributed by atoms with E-state index < -0.39 is 11.6 Å². The molecule has 0 aliphatic carbocycles. The minimum absolute atomic E-state index is 0.0550. The summed E-state index contributed by atoms with van der Waals surface area (Å²) in [4.78, 5) is 4.21. The Kier molecular flexibility index (Phi) is 4.61. The van der Waals surface area contributed by atoms with Gasteiger partial charge in [0.05, 0.1) is 16.2 Å². The Bertz CT molecular complexity index is 561. The third-order valence-electron chi connectivity index (χ3n) is 2.94. The van der Waals surface area contributed by atoms with Gasteiger partial charge in [-0.2, -0.15) is 0 Å². The molecule has 0 spiro atoms. The number of nitrogens with zero attached hydrogens (tertiary/aromatic N) is 1. The largest absolute Gasteiger partial charge is 0.311 e. The van der Waals surface area contributed by atoms with E-state index in [2.05, 4.69) is 26.2 Å². The van der Waals surface area contributed by atoms with E-state index in [0.29, 0.717) is 0 Å². The molecule has 0 amide bonds. The summed E-state index contributed by atoms with van der Waals surface area (Å²) >= 11 is 3.07. The summed E-state index contributed by atoms with van der Waals surface area (Å²) in [6.45, 7) is 0. The van der Waals surface area contributed by atoms with Gasteiger partial charge in [0.1, 0.15) is 11.6 Å². The molecule has 1 heterocycles. The van der Waals surface area contributed by atoms with E-state index >= 15 is 0 Å². The number of hydrogen-bond acceptors (Lipinski definition) is 2. The quantitative estimate of drug-likeness (QED) is 0.868. The van der Waals surface area contributed by atoms with Gasteiger partial charge in [-0.05, 0) is 53.7 Å². The first-order valence-electron chi connectivity index (χ1n) is 5.84. The average Bonchev–Trinajstić information content (AvgIpc) is 2.44. The zero-order valence-electron chi connectivity index (χ0n) is 10.3. The SMILES string of the molecule is CNC(Cc1c(F)ccc(Br)c1F)c1ccccn1. The predicted molar refractivity (Wildman–Crippen MR) is 73.8 cm³/mol. The zero-order chi connectivity index (χ0) is 13.8. The smallest absolute Gasteiger partial charge is 0.143 e. The number of hydrogen-bond donors (Lipinski definition) is 1. The fraction of sp³-hybridized carbons (Fsp3) is 0.214. The van der Waals surface area contributed by atoms with Gasteiger partial charge in [0.2, 0.25) is 0 Å². The van der Waals surface area contributed by atoms with Crippen LogP contribution in [0.2, 0.25) is 0 Å². The minimum Gasteiger partial charge on any atom is -0.311 e. The first kappa shape index (κ1) is 14.1. The number of likely N-dealkylation sites (N-methyl/N-ethyl adjacent to an activating group) is 1. The van der Waals surface area contributed by atoms with Crippen molar-refractivity contribution in [3.05, 3.63) is 63.9 Å². The highest BCUT2D eigenvalue weighted by molar-refractivity contribution is 9.10. The van der Waals surface area contributed by atoms with Gasteiger partial charge in [-0.25, -0.2) is 8.78 Å². The molecule has 0 aliphatic rings. The zero-order valence-corrected chi connectivity index (χ0v) is 11.9. The van der Waals surface area contributed by atoms with Crippen LogP contribution in [0.4, 0.5) is 8.78 Å². The van der Waals surface area contributed by atoms with Gasteiger partial charge in [-0.1, -0.05) is 6.07 Å². The Morgan fingerprint density at radius 1 is 1.26 bits per heavy atom. The van der Waals surface area contributed by atoms with E-state index in [1.807, 2.05) is 12.1 Å². The van der Waals surface area contributed by atoms with Crippen LogP contribution in [0.5, 0.6) is 0 Å². The number of rotatable bonds is 4. The molecule has 100 valence electrons. The van der Waals surface area contributed by atoms with Gasteiger partial charge < -0.3 is 5.32 Å². The highest BCUT2D eigenvalue weighted by Crippen LogP contribution is 2.25. The molecular formula is C14H13BrF2N2. The summed E-state index contributed by atoms with van der Waals surface area (Å²) < 4.78 is 27.9. The molecule has 0 radical (unpaired) electrons. The van der Waals surface area contributed by atoms with E-state index in [-0.39, 0.29) is 22.5 Å². The van der Waals surface area contributed by atoms with Gasteiger partial charge in [0.25, 0.3) is 0 Å². The Morgan fingerprint density at radius 3 is 2.68 bits per heavy atom. The van der Waals surface area contributed by atoms with Crippen LogP contribution >= 0.6 is 15.9 Å². The Labute approximate surface area is 119 Å². The van der Waals surface area contributed by atoms with Gasteiger partial charge in [-0.3, -0.25) is 4.98 Å². The molecule has 0 saturated heterocycles. The molecule has 1 atom stereocenters. The van der Waals surface area contributed by atoms with Crippen molar-refractivity contribution >= 4 is 15.9 Å². The second kappa shape index (κ2) is 6.21. The van der Waals surface area contributed by atoms with Crippen LogP contribution in [-0.2, 0) is 6.42 Å². The highest BCUT2D eigenvalue weighted by atomic mass is 79.9. The van der Waals surface area contributed by atoms with Crippen molar-refractivity contribution in [2.75, 3.05) is 7.05 Å². The molecule has 0 saturated carbocycles. The van der Waals surface area contributed by atoms with Gasteiger partial charge in [-0.15, -0.1) is 0 Å². The maximum absolute atomic E-state index is 13.9. The second-order valence-electron chi connectivity index (χ2n) is 4.12. The maximum Gasteiger partial charge on any atom is 0.143 e. The predicted octanol–water partition coefficient (Wildman–Crippen LogP) is 3.63. The number of benzene rings is 1. The van der Waals surface area contributed by atoms with E-state index in [9.17, 15) is 8.78 Å². The molecule has 19 heavy (non-hydrogen) atoms. The van der Waals surface area contributed by atoms with Crippen LogP contribution in [-0.4, -0.2) is 12.0 Å². The van der Waals surface area contributed by atoms with Crippen LogP contribution in [0, 0.1) is 11.6 Å². The van der Waals surface area contributed by atoms with Crippen LogP contribution in [0.15, 0.2) is 41.0 Å². The Hall–Kier alpha value is -1.33. The topological polar surface area (TPSA) is 24.9 Å². The van der Waals surface area contributed by atoms with Crippen molar-refractivity contribution in [3.8, 4) is 0 Å². The normalized spacial score (nSPS) is 12.4. The summed E-state index contributed by atoms with van der Waals surface area (Å²) in [5.74, 6) is -1.10. The standard InChI is InChI=1S/C14H13BrF2N2/c1-18-13(12-4-2-3-7-19-12)8-9-11(16)6-5-10(15)14(9)17/h2-7,13,18H,8H2,1H3. The van der Waals surface area contributed by atoms with Crippen LogP contribution in [0.1, 0.15) is 17.3 Å². The fourth-order valence-electron chi connectivity index (χ4n) is 1.90. The van der Waals surface area contributed by atoms with Crippen molar-refractivity contribution < 1.29 is 8.78 Å². The maximum atomic E-state index is 13.9. The Morgan fingerprint density at radius 2 is 2.05 bits per heavy atom. The molecule has 1 unspecified atom stereocenters. The third kappa shape index (κ3) is 3.16. The molecule has 0 aliphatic heterocycles. The summed E-state index contributed by atoms with van der Waals surface area (Å²) in [5.41, 5.74) is 0.808. The molecule has 1 aromatic heterocycles. The van der Waals surface area contributed by atoms with Crippen LogP contribution in [0.25, 0.3) is 0 Å². The summed E-state index contributed by atoms with van der Waals surface area (Å²) in [6.07, 6.45) is 1.86. The lowest BCUT2D eigenvalue weighted by Crippen LogP contribution is -2.21. The van der Waals surface area contributed by atoms with E-state index in [4.69, 9.17) is 0 Å². The third-order valence-corrected chi connectivity index (χ3v) is 3.55. The van der Waals surface area contributed by atoms with Crippen LogP contribution < -0.4 is 5.32 Å². The molecule has 1 N–H and O–H groups in total. The molecule has 2 aromatic rings. The monoisotopic (exact) mass is 326 g/mol. The van der Waals surface area contributed by atoms with Crippen molar-refractivity contribution in [1.29, 1.82) is 0 Å². The van der Waals surface area contributed by atoms with Crippen LogP contribution in [0.3, 0.4) is 0 Å². The first-order valence-corrected chi connectivity index (χ1v) is 6.63. The number of halogens is 3. The minimum atomic E-state index is -0.559. The van der Waals surface area contributed by atoms with Crippen molar-refractivity contribution in [2.24, 2.45) is 0 Å². The van der Waals surface area contributed by atoms with Crippen molar-refractivity contribution in [3.63, 3.8) is 0 Å². The number of aromatic nitrogens is 1. The second-order valence-corrected chi connectivity index (χ2v) is 4.98. The van der Waals surface area contributed by atoms with E-state index in [0.717, 1.165) is 5.69 Å². The molecule has 2 rings (SSSR count). The molecule has 0 fully saturated rings.